The molecule has 3 aromatic rings. The van der Waals surface area contributed by atoms with Crippen molar-refractivity contribution in [1.29, 1.82) is 10.5 Å². The maximum absolute atomic E-state index is 14.3. The second-order valence-electron chi connectivity index (χ2n) is 7.12. The molecule has 0 aliphatic carbocycles. The van der Waals surface area contributed by atoms with E-state index in [1.54, 1.807) is 0 Å². The van der Waals surface area contributed by atoms with Crippen LogP contribution in [-0.4, -0.2) is 18.9 Å². The summed E-state index contributed by atoms with van der Waals surface area (Å²) < 4.78 is 33.8. The van der Waals surface area contributed by atoms with Crippen molar-refractivity contribution in [2.45, 2.75) is 12.8 Å². The molecule has 9 heteroatoms. The van der Waals surface area contributed by atoms with Crippen LogP contribution >= 0.6 is 0 Å². The fraction of sp³-hybridized carbons (Fsp3) is 0.120. The summed E-state index contributed by atoms with van der Waals surface area (Å²) in [6.45, 7) is 0. The third-order valence-corrected chi connectivity index (χ3v) is 4.84. The van der Waals surface area contributed by atoms with Gasteiger partial charge >= 0.3 is 0 Å². The molecule has 0 radical (unpaired) electrons. The first-order chi connectivity index (χ1) is 16.4. The molecule has 0 atom stereocenters. The quantitative estimate of drug-likeness (QED) is 0.534. The predicted octanol–water partition coefficient (Wildman–Crippen LogP) is 4.61. The molecule has 3 rings (SSSR count). The van der Waals surface area contributed by atoms with Crippen LogP contribution in [0.1, 0.15) is 31.8 Å². The van der Waals surface area contributed by atoms with E-state index in [0.29, 0.717) is 11.1 Å². The Morgan fingerprint density at radius 1 is 0.824 bits per heavy atom. The van der Waals surface area contributed by atoms with Crippen LogP contribution in [0.2, 0.25) is 0 Å². The van der Waals surface area contributed by atoms with Crippen molar-refractivity contribution in [3.63, 3.8) is 0 Å². The molecule has 0 saturated heterocycles. The lowest BCUT2D eigenvalue weighted by Crippen LogP contribution is -2.17. The Morgan fingerprint density at radius 3 is 1.82 bits per heavy atom. The number of rotatable bonds is 7. The van der Waals surface area contributed by atoms with E-state index < -0.39 is 23.4 Å². The molecule has 0 fully saturated rings. The lowest BCUT2D eigenvalue weighted by atomic mass is 10.1. The topological polar surface area (TPSA) is 115 Å². The van der Waals surface area contributed by atoms with E-state index in [9.17, 15) is 18.4 Å². The third-order valence-electron chi connectivity index (χ3n) is 4.84. The zero-order chi connectivity index (χ0) is 24.7. The summed E-state index contributed by atoms with van der Waals surface area (Å²) in [4.78, 5) is 25.5. The summed E-state index contributed by atoms with van der Waals surface area (Å²) >= 11 is 0. The molecule has 2 N–H and O–H groups in total. The lowest BCUT2D eigenvalue weighted by molar-refractivity contribution is 0.102. The van der Waals surface area contributed by atoms with E-state index in [0.717, 1.165) is 12.1 Å². The van der Waals surface area contributed by atoms with Gasteiger partial charge in [-0.1, -0.05) is 12.1 Å². The predicted molar refractivity (Wildman–Crippen MR) is 120 cm³/mol. The maximum atomic E-state index is 14.3. The van der Waals surface area contributed by atoms with Crippen LogP contribution in [0, 0.1) is 34.3 Å². The molecule has 3 aromatic carbocycles. The number of ether oxygens (including phenoxy) is 1. The molecule has 0 spiro atoms. The minimum absolute atomic E-state index is 0.0256. The molecule has 34 heavy (non-hydrogen) atoms. The Balaban J connectivity index is 1.83. The number of carbonyl (C=O) groups is 2. The van der Waals surface area contributed by atoms with Crippen molar-refractivity contribution in [2.24, 2.45) is 0 Å². The highest BCUT2D eigenvalue weighted by Crippen LogP contribution is 2.24. The zero-order valence-corrected chi connectivity index (χ0v) is 18.0. The second kappa shape index (κ2) is 10.7. The summed E-state index contributed by atoms with van der Waals surface area (Å²) in [6.07, 6.45) is 0.0571. The summed E-state index contributed by atoms with van der Waals surface area (Å²) in [6, 6.07) is 15.9. The molecule has 0 saturated carbocycles. The Labute approximate surface area is 194 Å². The van der Waals surface area contributed by atoms with E-state index in [4.69, 9.17) is 15.3 Å². The highest BCUT2D eigenvalue weighted by atomic mass is 19.1. The van der Waals surface area contributed by atoms with Gasteiger partial charge in [-0.25, -0.2) is 8.78 Å². The zero-order valence-electron chi connectivity index (χ0n) is 18.0. The summed E-state index contributed by atoms with van der Waals surface area (Å²) in [5, 5.41) is 22.3. The monoisotopic (exact) mass is 460 g/mol. The maximum Gasteiger partial charge on any atom is 0.259 e. The first-order valence-electron chi connectivity index (χ1n) is 9.97. The van der Waals surface area contributed by atoms with Gasteiger partial charge in [0.25, 0.3) is 11.8 Å². The number of nitrogens with one attached hydrogen (secondary N) is 2. The first-order valence-corrected chi connectivity index (χ1v) is 9.97. The van der Waals surface area contributed by atoms with E-state index in [1.165, 1.54) is 49.6 Å². The largest absolute Gasteiger partial charge is 0.496 e. The van der Waals surface area contributed by atoms with Crippen LogP contribution in [0.4, 0.5) is 20.2 Å². The SMILES string of the molecule is COc1ccc(C(=O)Nc2ccc(CC#N)cc2F)cc1C(=O)Nc1ccc(CC#N)cc1F. The molecule has 2 amide bonds. The number of amides is 2. The van der Waals surface area contributed by atoms with Crippen molar-refractivity contribution in [3.05, 3.63) is 88.5 Å². The van der Waals surface area contributed by atoms with Gasteiger partial charge in [0.2, 0.25) is 0 Å². The number of halogens is 2. The number of nitrogens with zero attached hydrogens (tertiary/aromatic N) is 2. The second-order valence-corrected chi connectivity index (χ2v) is 7.12. The third kappa shape index (κ3) is 5.53. The smallest absolute Gasteiger partial charge is 0.259 e. The van der Waals surface area contributed by atoms with E-state index in [2.05, 4.69) is 10.6 Å². The lowest BCUT2D eigenvalue weighted by Gasteiger charge is -2.13. The minimum atomic E-state index is -0.731. The number of hydrogen-bond donors (Lipinski definition) is 2. The van der Waals surface area contributed by atoms with E-state index in [-0.39, 0.29) is 41.1 Å². The molecule has 170 valence electrons. The molecular weight excluding hydrogens is 442 g/mol. The molecular formula is C25H18F2N4O3. The average molecular weight is 460 g/mol. The summed E-state index contributed by atoms with van der Waals surface area (Å²) in [5.41, 5.74) is 0.726. The van der Waals surface area contributed by atoms with Gasteiger partial charge in [0.1, 0.15) is 17.4 Å². The Kier molecular flexibility index (Phi) is 7.52. The molecule has 0 aromatic heterocycles. The number of hydrogen-bond acceptors (Lipinski definition) is 5. The number of methoxy groups -OCH3 is 1. The molecule has 7 nitrogen and oxygen atoms in total. The van der Waals surface area contributed by atoms with Gasteiger partial charge in [-0.15, -0.1) is 0 Å². The van der Waals surface area contributed by atoms with Gasteiger partial charge in [-0.05, 0) is 53.6 Å². The Bertz CT molecular complexity index is 1340. The van der Waals surface area contributed by atoms with Gasteiger partial charge in [0, 0.05) is 5.56 Å². The van der Waals surface area contributed by atoms with Crippen LogP contribution < -0.4 is 15.4 Å². The molecule has 0 aliphatic heterocycles. The average Bonchev–Trinajstić information content (AvgIpc) is 2.82. The standard InChI is InChI=1S/C25H18F2N4O3/c1-34-23-7-4-17(24(32)30-21-5-2-15(8-10-28)12-19(21)26)14-18(23)25(33)31-22-6-3-16(9-11-29)13-20(22)27/h2-7,12-14H,8-9H2,1H3,(H,30,32)(H,31,33). The molecule has 0 heterocycles. The van der Waals surface area contributed by atoms with Gasteiger partial charge in [0.05, 0.1) is 49.0 Å². The minimum Gasteiger partial charge on any atom is -0.496 e. The normalized spacial score (nSPS) is 10.0. The van der Waals surface area contributed by atoms with Crippen LogP contribution in [0.3, 0.4) is 0 Å². The molecule has 0 unspecified atom stereocenters. The van der Waals surface area contributed by atoms with Crippen molar-refractivity contribution < 1.29 is 23.1 Å². The van der Waals surface area contributed by atoms with Crippen LogP contribution in [0.15, 0.2) is 54.6 Å². The number of benzene rings is 3. The number of anilines is 2. The fourth-order valence-electron chi connectivity index (χ4n) is 3.13. The summed E-state index contributed by atoms with van der Waals surface area (Å²) in [5.74, 6) is -2.70. The fourth-order valence-corrected chi connectivity index (χ4v) is 3.13. The van der Waals surface area contributed by atoms with Gasteiger partial charge in [-0.2, -0.15) is 10.5 Å². The summed E-state index contributed by atoms with van der Waals surface area (Å²) in [7, 11) is 1.33. The Hall–Kier alpha value is -4.76. The number of nitriles is 2. The highest BCUT2D eigenvalue weighted by molar-refractivity contribution is 6.10. The van der Waals surface area contributed by atoms with Gasteiger partial charge in [-0.3, -0.25) is 9.59 Å². The van der Waals surface area contributed by atoms with Crippen LogP contribution in [-0.2, 0) is 12.8 Å². The molecule has 0 aliphatic rings. The van der Waals surface area contributed by atoms with Crippen molar-refractivity contribution in [1.82, 2.24) is 0 Å². The Morgan fingerprint density at radius 2 is 1.35 bits per heavy atom. The van der Waals surface area contributed by atoms with Crippen LogP contribution in [0.25, 0.3) is 0 Å². The van der Waals surface area contributed by atoms with Gasteiger partial charge < -0.3 is 15.4 Å². The molecule has 0 bridgehead atoms. The van der Waals surface area contributed by atoms with Crippen molar-refractivity contribution in [3.8, 4) is 17.9 Å². The first kappa shape index (κ1) is 23.9. The van der Waals surface area contributed by atoms with E-state index >= 15 is 0 Å². The van der Waals surface area contributed by atoms with Crippen molar-refractivity contribution in [2.75, 3.05) is 17.7 Å². The highest BCUT2D eigenvalue weighted by Gasteiger charge is 2.18. The van der Waals surface area contributed by atoms with Gasteiger partial charge in [0.15, 0.2) is 0 Å². The van der Waals surface area contributed by atoms with Crippen molar-refractivity contribution >= 4 is 23.2 Å². The number of carbonyl (C=O) groups excluding carboxylic acids is 2. The van der Waals surface area contributed by atoms with Crippen LogP contribution in [0.5, 0.6) is 5.75 Å². The van der Waals surface area contributed by atoms with E-state index in [1.807, 2.05) is 12.1 Å².